The third kappa shape index (κ3) is 5.89. The van der Waals surface area contributed by atoms with E-state index in [0.717, 1.165) is 23.1 Å². The molecule has 0 aliphatic carbocycles. The van der Waals surface area contributed by atoms with Crippen molar-refractivity contribution in [1.29, 1.82) is 0 Å². The number of rotatable bonds is 10. The Morgan fingerprint density at radius 2 is 1.68 bits per heavy atom. The number of benzene rings is 1. The number of ether oxygens (including phenoxy) is 2. The summed E-state index contributed by atoms with van der Waals surface area (Å²) in [6, 6.07) is 9.83. The zero-order valence-electron chi connectivity index (χ0n) is 14.1. The summed E-state index contributed by atoms with van der Waals surface area (Å²) >= 11 is 1.52. The zero-order chi connectivity index (χ0) is 18.1. The molecule has 25 heavy (non-hydrogen) atoms. The van der Waals surface area contributed by atoms with Crippen molar-refractivity contribution >= 4 is 32.7 Å². The minimum atomic E-state index is -0.443. The molecule has 0 bridgehead atoms. The predicted octanol–water partition coefficient (Wildman–Crippen LogP) is 4.17. The Balaban J connectivity index is 2.04. The number of hydrogen-bond donors (Lipinski definition) is 0. The standard InChI is InChI=1S/C16H20N4O4S/c1-23-11-9-19(10-12-24-2)16-8-7-15(25-16)18-17-13-3-5-14(6-4-13)20(21)22/h3-8H,9-12H2,1-2H3. The molecule has 0 aliphatic rings. The lowest BCUT2D eigenvalue weighted by Crippen LogP contribution is -2.29. The molecular formula is C16H20N4O4S. The van der Waals surface area contributed by atoms with Gasteiger partial charge in [-0.05, 0) is 24.3 Å². The molecule has 0 saturated carbocycles. The van der Waals surface area contributed by atoms with E-state index in [0.29, 0.717) is 18.9 Å². The normalized spacial score (nSPS) is 11.1. The van der Waals surface area contributed by atoms with Gasteiger partial charge in [-0.2, -0.15) is 0 Å². The number of azo groups is 1. The van der Waals surface area contributed by atoms with Gasteiger partial charge in [0.25, 0.3) is 5.69 Å². The molecule has 0 unspecified atom stereocenters. The Bertz CT molecular complexity index is 694. The second kappa shape index (κ2) is 9.82. The first-order valence-electron chi connectivity index (χ1n) is 7.63. The summed E-state index contributed by atoms with van der Waals surface area (Å²) < 4.78 is 10.3. The minimum Gasteiger partial charge on any atom is -0.383 e. The fourth-order valence-electron chi connectivity index (χ4n) is 2.02. The van der Waals surface area contributed by atoms with E-state index in [1.807, 2.05) is 12.1 Å². The molecule has 1 aromatic carbocycles. The Morgan fingerprint density at radius 1 is 1.04 bits per heavy atom. The van der Waals surface area contributed by atoms with E-state index in [1.54, 1.807) is 26.4 Å². The lowest BCUT2D eigenvalue weighted by molar-refractivity contribution is -0.384. The number of anilines is 1. The first kappa shape index (κ1) is 19.0. The van der Waals surface area contributed by atoms with Crippen LogP contribution in [0.2, 0.25) is 0 Å². The van der Waals surface area contributed by atoms with Crippen LogP contribution in [-0.4, -0.2) is 45.4 Å². The largest absolute Gasteiger partial charge is 0.383 e. The molecule has 8 nitrogen and oxygen atoms in total. The van der Waals surface area contributed by atoms with Crippen molar-refractivity contribution in [3.05, 3.63) is 46.5 Å². The second-order valence-electron chi connectivity index (χ2n) is 5.06. The average Bonchev–Trinajstić information content (AvgIpc) is 3.09. The SMILES string of the molecule is COCCN(CCOC)c1ccc(N=Nc2ccc([N+](=O)[O-])cc2)s1. The topological polar surface area (TPSA) is 89.6 Å². The monoisotopic (exact) mass is 364 g/mol. The van der Waals surface area contributed by atoms with Crippen molar-refractivity contribution < 1.29 is 14.4 Å². The van der Waals surface area contributed by atoms with Gasteiger partial charge in [0.2, 0.25) is 0 Å². The van der Waals surface area contributed by atoms with E-state index in [1.165, 1.54) is 23.5 Å². The van der Waals surface area contributed by atoms with Crippen molar-refractivity contribution in [2.75, 3.05) is 45.4 Å². The van der Waals surface area contributed by atoms with E-state index in [4.69, 9.17) is 9.47 Å². The van der Waals surface area contributed by atoms with E-state index in [2.05, 4.69) is 15.1 Å². The summed E-state index contributed by atoms with van der Waals surface area (Å²) in [5, 5.41) is 20.8. The van der Waals surface area contributed by atoms with Gasteiger partial charge >= 0.3 is 0 Å². The molecule has 0 atom stereocenters. The Kier molecular flexibility index (Phi) is 7.45. The third-order valence-corrected chi connectivity index (χ3v) is 4.37. The quantitative estimate of drug-likeness (QED) is 0.358. The number of non-ortho nitro benzene ring substituents is 1. The number of hydrogen-bond acceptors (Lipinski definition) is 8. The maximum absolute atomic E-state index is 10.6. The van der Waals surface area contributed by atoms with Crippen molar-refractivity contribution in [1.82, 2.24) is 0 Å². The fraction of sp³-hybridized carbons (Fsp3) is 0.375. The number of nitro benzene ring substituents is 1. The highest BCUT2D eigenvalue weighted by Crippen LogP contribution is 2.33. The van der Waals surface area contributed by atoms with E-state index < -0.39 is 4.92 Å². The first-order valence-corrected chi connectivity index (χ1v) is 8.44. The van der Waals surface area contributed by atoms with Gasteiger partial charge in [0.1, 0.15) is 5.00 Å². The molecule has 2 rings (SSSR count). The number of methoxy groups -OCH3 is 2. The molecule has 0 saturated heterocycles. The fourth-order valence-corrected chi connectivity index (χ4v) is 2.90. The van der Waals surface area contributed by atoms with Crippen LogP contribution in [0, 0.1) is 10.1 Å². The highest BCUT2D eigenvalue weighted by atomic mass is 32.1. The van der Waals surface area contributed by atoms with Crippen LogP contribution in [-0.2, 0) is 9.47 Å². The molecule has 0 amide bonds. The molecule has 1 heterocycles. The lowest BCUT2D eigenvalue weighted by atomic mass is 10.3. The molecule has 1 aromatic heterocycles. The van der Waals surface area contributed by atoms with Crippen molar-refractivity contribution in [3.63, 3.8) is 0 Å². The van der Waals surface area contributed by atoms with E-state index in [9.17, 15) is 10.1 Å². The van der Waals surface area contributed by atoms with Crippen LogP contribution in [0.15, 0.2) is 46.6 Å². The summed E-state index contributed by atoms with van der Waals surface area (Å²) in [5.74, 6) is 0. The molecular weight excluding hydrogens is 344 g/mol. The number of thiophene rings is 1. The van der Waals surface area contributed by atoms with E-state index in [-0.39, 0.29) is 5.69 Å². The van der Waals surface area contributed by atoms with Gasteiger partial charge in [0, 0.05) is 39.4 Å². The molecule has 0 N–H and O–H groups in total. The highest BCUT2D eigenvalue weighted by molar-refractivity contribution is 7.19. The molecule has 9 heteroatoms. The molecule has 134 valence electrons. The number of nitrogens with zero attached hydrogens (tertiary/aromatic N) is 4. The van der Waals surface area contributed by atoms with Gasteiger partial charge < -0.3 is 14.4 Å². The van der Waals surface area contributed by atoms with Crippen LogP contribution in [0.1, 0.15) is 0 Å². The molecule has 2 aromatic rings. The van der Waals surface area contributed by atoms with Crippen LogP contribution >= 0.6 is 11.3 Å². The molecule has 0 aliphatic heterocycles. The van der Waals surface area contributed by atoms with Gasteiger partial charge in [-0.3, -0.25) is 10.1 Å². The summed E-state index contributed by atoms with van der Waals surface area (Å²) in [5.41, 5.74) is 0.598. The zero-order valence-corrected chi connectivity index (χ0v) is 14.9. The smallest absolute Gasteiger partial charge is 0.269 e. The van der Waals surface area contributed by atoms with Gasteiger partial charge in [-0.25, -0.2) is 0 Å². The lowest BCUT2D eigenvalue weighted by Gasteiger charge is -2.21. The van der Waals surface area contributed by atoms with Gasteiger partial charge in [0.05, 0.1) is 28.8 Å². The molecule has 0 fully saturated rings. The van der Waals surface area contributed by atoms with Crippen molar-refractivity contribution in [2.24, 2.45) is 10.2 Å². The van der Waals surface area contributed by atoms with Gasteiger partial charge in [-0.1, -0.05) is 11.3 Å². The van der Waals surface area contributed by atoms with Gasteiger partial charge in [-0.15, -0.1) is 10.2 Å². The molecule has 0 spiro atoms. The number of nitro groups is 1. The third-order valence-electron chi connectivity index (χ3n) is 3.34. The summed E-state index contributed by atoms with van der Waals surface area (Å²) in [7, 11) is 3.35. The van der Waals surface area contributed by atoms with Crippen LogP contribution in [0.5, 0.6) is 0 Å². The first-order chi connectivity index (χ1) is 12.1. The Hall–Kier alpha value is -2.36. The summed E-state index contributed by atoms with van der Waals surface area (Å²) in [6.07, 6.45) is 0. The van der Waals surface area contributed by atoms with Crippen molar-refractivity contribution in [2.45, 2.75) is 0 Å². The summed E-state index contributed by atoms with van der Waals surface area (Å²) in [6.45, 7) is 2.78. The molecule has 0 radical (unpaired) electrons. The Morgan fingerprint density at radius 3 is 2.24 bits per heavy atom. The average molecular weight is 364 g/mol. The van der Waals surface area contributed by atoms with Crippen LogP contribution in [0.25, 0.3) is 0 Å². The summed E-state index contributed by atoms with van der Waals surface area (Å²) in [4.78, 5) is 12.4. The van der Waals surface area contributed by atoms with Crippen LogP contribution < -0.4 is 4.90 Å². The van der Waals surface area contributed by atoms with Crippen LogP contribution in [0.3, 0.4) is 0 Å². The van der Waals surface area contributed by atoms with E-state index >= 15 is 0 Å². The highest BCUT2D eigenvalue weighted by Gasteiger charge is 2.09. The minimum absolute atomic E-state index is 0.0317. The predicted molar refractivity (Wildman–Crippen MR) is 97.6 cm³/mol. The Labute approximate surface area is 149 Å². The maximum atomic E-state index is 10.6. The van der Waals surface area contributed by atoms with Gasteiger partial charge in [0.15, 0.2) is 0 Å². The second-order valence-corrected chi connectivity index (χ2v) is 6.10. The van der Waals surface area contributed by atoms with Crippen molar-refractivity contribution in [3.8, 4) is 0 Å². The van der Waals surface area contributed by atoms with Crippen LogP contribution in [0.4, 0.5) is 21.4 Å². The maximum Gasteiger partial charge on any atom is 0.269 e.